The average molecular weight is 600 g/mol. The van der Waals surface area contributed by atoms with Crippen LogP contribution in [0.25, 0.3) is 11.1 Å². The maximum absolute atomic E-state index is 11.7. The van der Waals surface area contributed by atoms with Crippen LogP contribution < -0.4 is 15.0 Å². The second-order valence-electron chi connectivity index (χ2n) is 9.46. The monoisotopic (exact) mass is 599 g/mol. The Kier molecular flexibility index (Phi) is 10.6. The van der Waals surface area contributed by atoms with Crippen LogP contribution in [0.2, 0.25) is 10.0 Å². The Morgan fingerprint density at radius 3 is 2.17 bits per heavy atom. The van der Waals surface area contributed by atoms with Gasteiger partial charge in [-0.15, -0.1) is 0 Å². The van der Waals surface area contributed by atoms with Gasteiger partial charge in [0, 0.05) is 32.7 Å². The van der Waals surface area contributed by atoms with Crippen molar-refractivity contribution in [3.63, 3.8) is 0 Å². The average Bonchev–Trinajstić information content (AvgIpc) is 2.99. The number of halogens is 2. The van der Waals surface area contributed by atoms with Crippen LogP contribution in [0.4, 0.5) is 5.69 Å². The highest BCUT2D eigenvalue weighted by atomic mass is 35.5. The topological polar surface area (TPSA) is 108 Å². The lowest BCUT2D eigenvalue weighted by atomic mass is 10.0. The molecular weight excluding hydrogens is 569 g/mol. The number of hydrogen-bond acceptors (Lipinski definition) is 6. The molecule has 1 fully saturated rings. The molecule has 3 aromatic carbocycles. The number of aromatic carboxylic acids is 1. The number of amides is 2. The van der Waals surface area contributed by atoms with E-state index in [9.17, 15) is 14.4 Å². The van der Waals surface area contributed by atoms with Crippen molar-refractivity contribution in [1.82, 2.24) is 10.2 Å². The minimum Gasteiger partial charge on any atom is -0.482 e. The van der Waals surface area contributed by atoms with Crippen LogP contribution in [-0.2, 0) is 20.7 Å². The van der Waals surface area contributed by atoms with Gasteiger partial charge in [-0.25, -0.2) is 4.79 Å². The molecule has 0 aromatic heterocycles. The van der Waals surface area contributed by atoms with E-state index in [0.29, 0.717) is 27.0 Å². The van der Waals surface area contributed by atoms with Crippen LogP contribution in [-0.4, -0.2) is 80.8 Å². The van der Waals surface area contributed by atoms with Gasteiger partial charge in [-0.05, 0) is 41.3 Å². The third-order valence-corrected chi connectivity index (χ3v) is 7.49. The Hall–Kier alpha value is -3.63. The van der Waals surface area contributed by atoms with E-state index in [1.807, 2.05) is 12.1 Å². The third kappa shape index (κ3) is 8.20. The zero-order chi connectivity index (χ0) is 29.4. The first kappa shape index (κ1) is 30.3. The summed E-state index contributed by atoms with van der Waals surface area (Å²) in [6, 6.07) is 18.5. The molecule has 0 bridgehead atoms. The van der Waals surface area contributed by atoms with Crippen molar-refractivity contribution in [2.75, 3.05) is 57.9 Å². The molecule has 2 N–H and O–H groups in total. The summed E-state index contributed by atoms with van der Waals surface area (Å²) in [7, 11) is 1.50. The minimum absolute atomic E-state index is 0.0797. The summed E-state index contributed by atoms with van der Waals surface area (Å²) >= 11 is 11.8. The Morgan fingerprint density at radius 2 is 1.56 bits per heavy atom. The number of anilines is 1. The van der Waals surface area contributed by atoms with Crippen molar-refractivity contribution in [3.8, 4) is 16.9 Å². The molecule has 0 saturated carbocycles. The van der Waals surface area contributed by atoms with E-state index in [1.165, 1.54) is 29.6 Å². The number of carbonyl (C=O) groups is 3. The summed E-state index contributed by atoms with van der Waals surface area (Å²) in [6.45, 7) is 4.58. The van der Waals surface area contributed by atoms with Gasteiger partial charge in [0.1, 0.15) is 12.3 Å². The smallest absolute Gasteiger partial charge is 0.335 e. The maximum Gasteiger partial charge on any atom is 0.335 e. The van der Waals surface area contributed by atoms with Crippen LogP contribution in [0.15, 0.2) is 60.7 Å². The number of hydrogen-bond donors (Lipinski definition) is 2. The fourth-order valence-electron chi connectivity index (χ4n) is 4.37. The highest BCUT2D eigenvalue weighted by Crippen LogP contribution is 2.38. The van der Waals surface area contributed by atoms with Crippen LogP contribution in [0.3, 0.4) is 0 Å². The second-order valence-corrected chi connectivity index (χ2v) is 10.3. The zero-order valence-electron chi connectivity index (χ0n) is 22.6. The number of carbonyl (C=O) groups excluding carboxylic acids is 2. The standard InChI is InChI=1S/C19H21NO3.C11H10Cl2N2O3/c21-19(22)18-7-5-17(6-8-18)16-3-1-15(2-4-16)9-10-20-11-13-23-14-12-20;1-14-10(16)4-15-8-2-6(12)7(13)3-9(8)18-5-11(15)17/h1-8H,9-14H2,(H,21,22);2-3H,4-5H2,1H3,(H,14,16). The molecule has 2 amide bonds. The normalized spacial score (nSPS) is 14.8. The molecule has 5 rings (SSSR count). The van der Waals surface area contributed by atoms with Gasteiger partial charge in [-0.3, -0.25) is 19.4 Å². The summed E-state index contributed by atoms with van der Waals surface area (Å²) in [5.74, 6) is -1.03. The molecule has 216 valence electrons. The molecule has 2 aliphatic rings. The minimum atomic E-state index is -0.894. The molecule has 3 aromatic rings. The SMILES string of the molecule is CNC(=O)CN1C(=O)COc2cc(Cl)c(Cl)cc21.O=C(O)c1ccc(-c2ccc(CCN3CCOCC3)cc2)cc1. The Labute approximate surface area is 248 Å². The van der Waals surface area contributed by atoms with Gasteiger partial charge in [-0.2, -0.15) is 0 Å². The predicted octanol–water partition coefficient (Wildman–Crippen LogP) is 4.39. The summed E-state index contributed by atoms with van der Waals surface area (Å²) < 4.78 is 10.6. The molecule has 0 aliphatic carbocycles. The highest BCUT2D eigenvalue weighted by Gasteiger charge is 2.28. The summed E-state index contributed by atoms with van der Waals surface area (Å²) in [5.41, 5.74) is 4.23. The van der Waals surface area contributed by atoms with Gasteiger partial charge < -0.3 is 19.9 Å². The first-order chi connectivity index (χ1) is 19.7. The Bertz CT molecular complexity index is 1380. The van der Waals surface area contributed by atoms with Crippen LogP contribution in [0, 0.1) is 0 Å². The fraction of sp³-hybridized carbons (Fsp3) is 0.300. The van der Waals surface area contributed by atoms with E-state index in [-0.39, 0.29) is 25.0 Å². The molecule has 0 radical (unpaired) electrons. The summed E-state index contributed by atoms with van der Waals surface area (Å²) in [4.78, 5) is 37.8. The number of nitrogens with zero attached hydrogens (tertiary/aromatic N) is 2. The summed E-state index contributed by atoms with van der Waals surface area (Å²) in [6.07, 6.45) is 1.04. The second kappa shape index (κ2) is 14.3. The van der Waals surface area contributed by atoms with Gasteiger partial charge in [0.25, 0.3) is 5.91 Å². The molecule has 0 unspecified atom stereocenters. The first-order valence-electron chi connectivity index (χ1n) is 13.1. The van der Waals surface area contributed by atoms with E-state index in [4.69, 9.17) is 37.8 Å². The van der Waals surface area contributed by atoms with Crippen molar-refractivity contribution in [2.24, 2.45) is 0 Å². The van der Waals surface area contributed by atoms with E-state index in [0.717, 1.165) is 50.4 Å². The Morgan fingerprint density at radius 1 is 0.951 bits per heavy atom. The van der Waals surface area contributed by atoms with Crippen LogP contribution in [0.1, 0.15) is 15.9 Å². The fourth-order valence-corrected chi connectivity index (χ4v) is 4.69. The van der Waals surface area contributed by atoms with Crippen LogP contribution in [0.5, 0.6) is 5.75 Å². The number of morpholine rings is 1. The molecule has 11 heteroatoms. The molecule has 0 atom stereocenters. The van der Waals surface area contributed by atoms with E-state index in [2.05, 4.69) is 34.5 Å². The molecule has 2 heterocycles. The number of benzene rings is 3. The van der Waals surface area contributed by atoms with E-state index < -0.39 is 5.97 Å². The lowest BCUT2D eigenvalue weighted by molar-refractivity contribution is -0.125. The van der Waals surface area contributed by atoms with Crippen LogP contribution >= 0.6 is 23.2 Å². The van der Waals surface area contributed by atoms with Gasteiger partial charge >= 0.3 is 5.97 Å². The largest absolute Gasteiger partial charge is 0.482 e. The number of rotatable bonds is 7. The number of ether oxygens (including phenoxy) is 2. The summed E-state index contributed by atoms with van der Waals surface area (Å²) in [5, 5.41) is 12.0. The third-order valence-electron chi connectivity index (χ3n) is 6.76. The lowest BCUT2D eigenvalue weighted by Gasteiger charge is -2.29. The number of carboxylic acid groups (broad SMARTS) is 1. The van der Waals surface area contributed by atoms with Gasteiger partial charge in [-0.1, -0.05) is 59.6 Å². The van der Waals surface area contributed by atoms with Gasteiger partial charge in [0.05, 0.1) is 34.5 Å². The van der Waals surface area contributed by atoms with Crippen molar-refractivity contribution in [2.45, 2.75) is 6.42 Å². The zero-order valence-corrected chi connectivity index (χ0v) is 24.1. The van der Waals surface area contributed by atoms with Gasteiger partial charge in [0.15, 0.2) is 6.61 Å². The van der Waals surface area contributed by atoms with Crippen molar-refractivity contribution >= 4 is 46.7 Å². The first-order valence-corrected chi connectivity index (χ1v) is 13.9. The molecule has 2 aliphatic heterocycles. The van der Waals surface area contributed by atoms with E-state index in [1.54, 1.807) is 12.1 Å². The predicted molar refractivity (Wildman–Crippen MR) is 158 cm³/mol. The van der Waals surface area contributed by atoms with Crippen molar-refractivity contribution in [1.29, 1.82) is 0 Å². The molecular formula is C30H31Cl2N3O6. The quantitative estimate of drug-likeness (QED) is 0.414. The Balaban J connectivity index is 0.000000195. The van der Waals surface area contributed by atoms with Crippen molar-refractivity contribution in [3.05, 3.63) is 81.8 Å². The molecule has 1 saturated heterocycles. The maximum atomic E-state index is 11.7. The van der Waals surface area contributed by atoms with E-state index >= 15 is 0 Å². The number of carboxylic acids is 1. The highest BCUT2D eigenvalue weighted by molar-refractivity contribution is 6.42. The molecule has 41 heavy (non-hydrogen) atoms. The lowest BCUT2D eigenvalue weighted by Crippen LogP contribution is -2.44. The van der Waals surface area contributed by atoms with Crippen molar-refractivity contribution < 1.29 is 29.0 Å². The number of fused-ring (bicyclic) bond motifs is 1. The number of nitrogens with one attached hydrogen (secondary N) is 1. The molecule has 0 spiro atoms. The molecule has 9 nitrogen and oxygen atoms in total. The van der Waals surface area contributed by atoms with Gasteiger partial charge in [0.2, 0.25) is 5.91 Å². The number of likely N-dealkylation sites (N-methyl/N-ethyl adjacent to an activating group) is 1.